The van der Waals surface area contributed by atoms with Gasteiger partial charge in [-0.2, -0.15) is 0 Å². The summed E-state index contributed by atoms with van der Waals surface area (Å²) in [5.41, 5.74) is 0. The first-order valence-electron chi connectivity index (χ1n) is 5.13. The molecule has 0 rings (SSSR count). The summed E-state index contributed by atoms with van der Waals surface area (Å²) in [4.78, 5) is 13.5. The predicted molar refractivity (Wildman–Crippen MR) is 55.7 cm³/mol. The molecule has 0 aromatic heterocycles. The van der Waals surface area contributed by atoms with Gasteiger partial charge in [0, 0.05) is 25.6 Å². The molecule has 3 heteroatoms. The highest BCUT2D eigenvalue weighted by Crippen LogP contribution is 2.00. The van der Waals surface area contributed by atoms with Crippen LogP contribution in [0.15, 0.2) is 0 Å². The number of nitrogens with one attached hydrogen (secondary N) is 1. The largest absolute Gasteiger partial charge is 0.341 e. The van der Waals surface area contributed by atoms with E-state index in [1.165, 1.54) is 0 Å². The van der Waals surface area contributed by atoms with Gasteiger partial charge in [0.2, 0.25) is 5.91 Å². The smallest absolute Gasteiger partial charge is 0.224 e. The van der Waals surface area contributed by atoms with Gasteiger partial charge in [0.1, 0.15) is 0 Å². The maximum atomic E-state index is 11.6. The Morgan fingerprint density at radius 1 is 1.38 bits per heavy atom. The summed E-state index contributed by atoms with van der Waals surface area (Å²) < 4.78 is 0. The van der Waals surface area contributed by atoms with Crippen LogP contribution in [0.25, 0.3) is 0 Å². The topological polar surface area (TPSA) is 32.3 Å². The zero-order valence-electron chi connectivity index (χ0n) is 9.26. The van der Waals surface area contributed by atoms with Crippen molar-refractivity contribution in [2.75, 3.05) is 19.6 Å². The van der Waals surface area contributed by atoms with E-state index in [2.05, 4.69) is 19.2 Å². The molecular weight excluding hydrogens is 164 g/mol. The number of hydrogen-bond acceptors (Lipinski definition) is 2. The summed E-state index contributed by atoms with van der Waals surface area (Å²) in [7, 11) is 0. The molecule has 0 saturated carbocycles. The van der Waals surface area contributed by atoms with E-state index in [0.717, 1.165) is 19.6 Å². The fourth-order valence-corrected chi connectivity index (χ4v) is 1.35. The Hall–Kier alpha value is -0.570. The van der Waals surface area contributed by atoms with Crippen LogP contribution in [0.1, 0.15) is 34.1 Å². The second-order valence-electron chi connectivity index (χ2n) is 3.38. The second kappa shape index (κ2) is 6.89. The Balaban J connectivity index is 3.78. The van der Waals surface area contributed by atoms with Gasteiger partial charge < -0.3 is 10.2 Å². The van der Waals surface area contributed by atoms with E-state index >= 15 is 0 Å². The Morgan fingerprint density at radius 2 is 2.00 bits per heavy atom. The van der Waals surface area contributed by atoms with Crippen molar-refractivity contribution in [2.45, 2.75) is 40.2 Å². The fourth-order valence-electron chi connectivity index (χ4n) is 1.35. The van der Waals surface area contributed by atoms with Crippen molar-refractivity contribution in [2.24, 2.45) is 0 Å². The highest BCUT2D eigenvalue weighted by molar-refractivity contribution is 5.76. The minimum absolute atomic E-state index is 0.249. The van der Waals surface area contributed by atoms with Crippen LogP contribution in [0.2, 0.25) is 0 Å². The normalized spacial score (nSPS) is 10.5. The number of amides is 1. The molecular formula is C10H22N2O. The van der Waals surface area contributed by atoms with Crippen molar-refractivity contribution in [1.29, 1.82) is 0 Å². The zero-order valence-corrected chi connectivity index (χ0v) is 9.26. The molecule has 0 radical (unpaired) electrons. The van der Waals surface area contributed by atoms with Crippen LogP contribution in [0.5, 0.6) is 0 Å². The highest BCUT2D eigenvalue weighted by atomic mass is 16.2. The van der Waals surface area contributed by atoms with Crippen molar-refractivity contribution in [3.05, 3.63) is 0 Å². The summed E-state index contributed by atoms with van der Waals surface area (Å²) >= 11 is 0. The van der Waals surface area contributed by atoms with Gasteiger partial charge in [-0.05, 0) is 27.3 Å². The molecule has 0 unspecified atom stereocenters. The standard InChI is InChI=1S/C10H22N2O/c1-5-11-8-7-10(13)12(6-2)9(3)4/h9,11H,5-8H2,1-4H3. The molecule has 0 heterocycles. The molecule has 0 aliphatic carbocycles. The van der Waals surface area contributed by atoms with Gasteiger partial charge in [0.15, 0.2) is 0 Å². The summed E-state index contributed by atoms with van der Waals surface area (Å²) in [6.07, 6.45) is 0.611. The van der Waals surface area contributed by atoms with Crippen LogP contribution < -0.4 is 5.32 Å². The fraction of sp³-hybridized carbons (Fsp3) is 0.900. The number of carbonyl (C=O) groups is 1. The highest BCUT2D eigenvalue weighted by Gasteiger charge is 2.13. The summed E-state index contributed by atoms with van der Waals surface area (Å²) in [6, 6.07) is 0.319. The van der Waals surface area contributed by atoms with Crippen LogP contribution in [0, 0.1) is 0 Å². The Bertz CT molecular complexity index is 146. The lowest BCUT2D eigenvalue weighted by Gasteiger charge is -2.25. The van der Waals surface area contributed by atoms with Crippen LogP contribution in [0.4, 0.5) is 0 Å². The Kier molecular flexibility index (Phi) is 6.59. The summed E-state index contributed by atoms with van der Waals surface area (Å²) in [5.74, 6) is 0.249. The van der Waals surface area contributed by atoms with E-state index in [1.54, 1.807) is 0 Å². The van der Waals surface area contributed by atoms with E-state index in [0.29, 0.717) is 12.5 Å². The Morgan fingerprint density at radius 3 is 2.38 bits per heavy atom. The van der Waals surface area contributed by atoms with Gasteiger partial charge in [-0.3, -0.25) is 4.79 Å². The first kappa shape index (κ1) is 12.4. The molecule has 0 saturated heterocycles. The quantitative estimate of drug-likeness (QED) is 0.633. The van der Waals surface area contributed by atoms with Crippen molar-refractivity contribution >= 4 is 5.91 Å². The molecule has 1 N–H and O–H groups in total. The molecule has 0 aliphatic heterocycles. The van der Waals surface area contributed by atoms with Crippen molar-refractivity contribution in [3.8, 4) is 0 Å². The molecule has 0 aromatic rings. The molecule has 13 heavy (non-hydrogen) atoms. The van der Waals surface area contributed by atoms with Gasteiger partial charge in [0.25, 0.3) is 0 Å². The van der Waals surface area contributed by atoms with Crippen molar-refractivity contribution < 1.29 is 4.79 Å². The number of hydrogen-bond donors (Lipinski definition) is 1. The van der Waals surface area contributed by atoms with Crippen molar-refractivity contribution in [1.82, 2.24) is 10.2 Å². The summed E-state index contributed by atoms with van der Waals surface area (Å²) in [6.45, 7) is 10.7. The van der Waals surface area contributed by atoms with Gasteiger partial charge in [-0.1, -0.05) is 6.92 Å². The molecule has 78 valence electrons. The molecule has 1 amide bonds. The van der Waals surface area contributed by atoms with Crippen molar-refractivity contribution in [3.63, 3.8) is 0 Å². The lowest BCUT2D eigenvalue weighted by Crippen LogP contribution is -2.38. The van der Waals surface area contributed by atoms with Crippen LogP contribution in [-0.4, -0.2) is 36.5 Å². The lowest BCUT2D eigenvalue weighted by atomic mass is 10.2. The maximum Gasteiger partial charge on any atom is 0.224 e. The molecule has 0 spiro atoms. The van der Waals surface area contributed by atoms with Crippen LogP contribution in [-0.2, 0) is 4.79 Å². The van der Waals surface area contributed by atoms with Crippen LogP contribution in [0.3, 0.4) is 0 Å². The minimum atomic E-state index is 0.249. The average molecular weight is 186 g/mol. The third-order valence-electron chi connectivity index (χ3n) is 2.05. The molecule has 3 nitrogen and oxygen atoms in total. The third-order valence-corrected chi connectivity index (χ3v) is 2.05. The first-order chi connectivity index (χ1) is 6.13. The predicted octanol–water partition coefficient (Wildman–Crippen LogP) is 1.24. The van der Waals surface area contributed by atoms with Gasteiger partial charge in [-0.25, -0.2) is 0 Å². The first-order valence-corrected chi connectivity index (χ1v) is 5.13. The average Bonchev–Trinajstić information content (AvgIpc) is 2.05. The van der Waals surface area contributed by atoms with E-state index in [1.807, 2.05) is 18.7 Å². The SMILES string of the molecule is CCNCCC(=O)N(CC)C(C)C. The molecule has 0 aromatic carbocycles. The number of carbonyl (C=O) groups excluding carboxylic acids is 1. The van der Waals surface area contributed by atoms with E-state index in [9.17, 15) is 4.79 Å². The van der Waals surface area contributed by atoms with E-state index < -0.39 is 0 Å². The third kappa shape index (κ3) is 4.88. The molecule has 0 aliphatic rings. The monoisotopic (exact) mass is 186 g/mol. The second-order valence-corrected chi connectivity index (χ2v) is 3.38. The molecule has 0 bridgehead atoms. The summed E-state index contributed by atoms with van der Waals surface area (Å²) in [5, 5.41) is 3.15. The van der Waals surface area contributed by atoms with Gasteiger partial charge >= 0.3 is 0 Å². The van der Waals surface area contributed by atoms with E-state index in [4.69, 9.17) is 0 Å². The van der Waals surface area contributed by atoms with Crippen LogP contribution >= 0.6 is 0 Å². The maximum absolute atomic E-state index is 11.6. The lowest BCUT2D eigenvalue weighted by molar-refractivity contribution is -0.132. The zero-order chi connectivity index (χ0) is 10.3. The minimum Gasteiger partial charge on any atom is -0.341 e. The van der Waals surface area contributed by atoms with Gasteiger partial charge in [0.05, 0.1) is 0 Å². The number of rotatable bonds is 6. The van der Waals surface area contributed by atoms with Gasteiger partial charge in [-0.15, -0.1) is 0 Å². The molecule has 0 fully saturated rings. The van der Waals surface area contributed by atoms with E-state index in [-0.39, 0.29) is 5.91 Å². The molecule has 0 atom stereocenters. The Labute approximate surface area is 81.5 Å². The number of nitrogens with zero attached hydrogens (tertiary/aromatic N) is 1.